The number of azo groups is 1. The number of hydrogen-bond acceptors (Lipinski definition) is 7. The van der Waals surface area contributed by atoms with Crippen LogP contribution in [0.15, 0.2) is 40.6 Å². The number of H-pyrrole nitrogens is 1. The van der Waals surface area contributed by atoms with Crippen molar-refractivity contribution in [3.8, 4) is 0 Å². The van der Waals surface area contributed by atoms with Crippen LogP contribution in [0.25, 0.3) is 11.0 Å². The Bertz CT molecular complexity index is 1180. The predicted molar refractivity (Wildman–Crippen MR) is 114 cm³/mol. The van der Waals surface area contributed by atoms with Crippen LogP contribution < -0.4 is 4.90 Å². The number of nitrogens with zero attached hydrogens (tertiary/aromatic N) is 7. The smallest absolute Gasteiger partial charge is 0.282 e. The summed E-state index contributed by atoms with van der Waals surface area (Å²) in [6, 6.07) is 1.24. The van der Waals surface area contributed by atoms with E-state index < -0.39 is 34.6 Å². The molecule has 4 heterocycles. The Morgan fingerprint density at radius 1 is 1.31 bits per heavy atom. The largest absolute Gasteiger partial charge is 0.353 e. The Labute approximate surface area is 184 Å². The van der Waals surface area contributed by atoms with Gasteiger partial charge >= 0.3 is 0 Å². The number of fused-ring (bicyclic) bond motifs is 1. The van der Waals surface area contributed by atoms with Crippen LogP contribution in [0.3, 0.4) is 0 Å². The monoisotopic (exact) mass is 466 g/mol. The molecule has 2 aromatic rings. The fourth-order valence-corrected chi connectivity index (χ4v) is 6.25. The number of aromatic amines is 1. The zero-order chi connectivity index (χ0) is 22.5. The van der Waals surface area contributed by atoms with Gasteiger partial charge in [-0.25, -0.2) is 18.7 Å². The van der Waals surface area contributed by atoms with E-state index in [0.29, 0.717) is 25.2 Å². The fraction of sp³-hybridized carbons (Fsp3) is 0.579. The summed E-state index contributed by atoms with van der Waals surface area (Å²) in [5.41, 5.74) is 0.609. The molecule has 13 heteroatoms. The van der Waals surface area contributed by atoms with Crippen molar-refractivity contribution in [2.75, 3.05) is 38.1 Å². The van der Waals surface area contributed by atoms with Gasteiger partial charge < -0.3 is 9.88 Å². The number of piperazine rings is 1. The highest BCUT2D eigenvalue weighted by Crippen LogP contribution is 2.47. The fourth-order valence-electron chi connectivity index (χ4n) is 4.54. The molecule has 1 saturated carbocycles. The molecule has 0 aromatic carbocycles. The predicted octanol–water partition coefficient (Wildman–Crippen LogP) is 2.16. The molecule has 2 fully saturated rings. The molecular weight excluding hydrogens is 442 g/mol. The van der Waals surface area contributed by atoms with Crippen LogP contribution >= 0.6 is 0 Å². The SMILES string of the molecule is CN(CC1N=NC=C1CC(F)F)S(=O)(=O)N1CCN(c2ncnc3[nH]ccc23)CC12CC2. The lowest BCUT2D eigenvalue weighted by Crippen LogP contribution is -2.60. The van der Waals surface area contributed by atoms with Crippen LogP contribution in [0.5, 0.6) is 0 Å². The second-order valence-corrected chi connectivity index (χ2v) is 10.4. The van der Waals surface area contributed by atoms with Crippen molar-refractivity contribution < 1.29 is 17.2 Å². The highest BCUT2D eigenvalue weighted by atomic mass is 32.2. The molecule has 1 unspecified atom stereocenters. The molecule has 0 bridgehead atoms. The van der Waals surface area contributed by atoms with Gasteiger partial charge in [0, 0.05) is 45.8 Å². The van der Waals surface area contributed by atoms with Gasteiger partial charge in [0.15, 0.2) is 0 Å². The third-order valence-corrected chi connectivity index (χ3v) is 8.46. The average Bonchev–Trinajstić information content (AvgIpc) is 3.13. The molecule has 1 spiro atoms. The molecule has 32 heavy (non-hydrogen) atoms. The Kier molecular flexibility index (Phi) is 5.21. The Hall–Kier alpha value is -2.51. The first kappa shape index (κ1) is 21.3. The van der Waals surface area contributed by atoms with Crippen molar-refractivity contribution >= 4 is 27.1 Å². The van der Waals surface area contributed by atoms with Crippen molar-refractivity contribution in [1.29, 1.82) is 0 Å². The van der Waals surface area contributed by atoms with Crippen LogP contribution in [-0.4, -0.2) is 83.2 Å². The van der Waals surface area contributed by atoms with Crippen LogP contribution in [-0.2, 0) is 10.2 Å². The van der Waals surface area contributed by atoms with Gasteiger partial charge in [0.05, 0.1) is 17.1 Å². The number of hydrogen-bond donors (Lipinski definition) is 1. The lowest BCUT2D eigenvalue weighted by molar-refractivity contribution is 0.147. The number of likely N-dealkylation sites (N-methyl/N-ethyl adjacent to an activating group) is 1. The van der Waals surface area contributed by atoms with Crippen LogP contribution in [0.1, 0.15) is 19.3 Å². The first-order valence-electron chi connectivity index (χ1n) is 10.4. The van der Waals surface area contributed by atoms with Crippen molar-refractivity contribution in [3.05, 3.63) is 30.4 Å². The van der Waals surface area contributed by atoms with Crippen LogP contribution in [0.2, 0.25) is 0 Å². The number of rotatable bonds is 7. The van der Waals surface area contributed by atoms with Gasteiger partial charge in [-0.3, -0.25) is 0 Å². The van der Waals surface area contributed by atoms with E-state index in [0.717, 1.165) is 29.7 Å². The van der Waals surface area contributed by atoms with E-state index in [1.165, 1.54) is 23.9 Å². The number of alkyl halides is 2. The Morgan fingerprint density at radius 3 is 2.88 bits per heavy atom. The molecule has 2 aliphatic heterocycles. The van der Waals surface area contributed by atoms with Crippen LogP contribution in [0.4, 0.5) is 14.6 Å². The quantitative estimate of drug-likeness (QED) is 0.673. The summed E-state index contributed by atoms with van der Waals surface area (Å²) >= 11 is 0. The first-order chi connectivity index (χ1) is 15.3. The maximum atomic E-state index is 13.4. The van der Waals surface area contributed by atoms with Gasteiger partial charge in [-0.05, 0) is 24.5 Å². The van der Waals surface area contributed by atoms with E-state index >= 15 is 0 Å². The summed E-state index contributed by atoms with van der Waals surface area (Å²) in [6.07, 6.45) is 3.16. The zero-order valence-corrected chi connectivity index (χ0v) is 18.3. The zero-order valence-electron chi connectivity index (χ0n) is 17.5. The molecule has 10 nitrogen and oxygen atoms in total. The van der Waals surface area contributed by atoms with Gasteiger partial charge in [-0.15, -0.1) is 0 Å². The van der Waals surface area contributed by atoms with E-state index in [1.54, 1.807) is 4.31 Å². The molecule has 5 rings (SSSR count). The molecule has 2 aromatic heterocycles. The third kappa shape index (κ3) is 3.67. The second-order valence-electron chi connectivity index (χ2n) is 8.49. The molecular formula is C19H24F2N8O2S. The lowest BCUT2D eigenvalue weighted by Gasteiger charge is -2.43. The van der Waals surface area contributed by atoms with E-state index in [2.05, 4.69) is 30.1 Å². The van der Waals surface area contributed by atoms with Crippen molar-refractivity contribution in [3.63, 3.8) is 0 Å². The molecule has 0 radical (unpaired) electrons. The maximum Gasteiger partial charge on any atom is 0.282 e. The van der Waals surface area contributed by atoms with Gasteiger partial charge in [0.1, 0.15) is 23.8 Å². The van der Waals surface area contributed by atoms with E-state index in [4.69, 9.17) is 0 Å². The van der Waals surface area contributed by atoms with Gasteiger partial charge in [-0.1, -0.05) is 0 Å². The highest BCUT2D eigenvalue weighted by Gasteiger charge is 2.57. The lowest BCUT2D eigenvalue weighted by atomic mass is 10.1. The van der Waals surface area contributed by atoms with Crippen molar-refractivity contribution in [2.45, 2.75) is 37.3 Å². The molecule has 0 amide bonds. The minimum Gasteiger partial charge on any atom is -0.353 e. The number of anilines is 1. The molecule has 172 valence electrons. The molecule has 1 aliphatic carbocycles. The normalized spacial score (nSPS) is 23.1. The average molecular weight is 467 g/mol. The van der Waals surface area contributed by atoms with Gasteiger partial charge in [-0.2, -0.15) is 27.3 Å². The van der Waals surface area contributed by atoms with Gasteiger partial charge in [0.2, 0.25) is 6.43 Å². The van der Waals surface area contributed by atoms with Gasteiger partial charge in [0.25, 0.3) is 10.2 Å². The number of aromatic nitrogens is 3. The molecule has 3 aliphatic rings. The number of halogens is 2. The Morgan fingerprint density at radius 2 is 2.12 bits per heavy atom. The first-order valence-corrected chi connectivity index (χ1v) is 11.8. The third-order valence-electron chi connectivity index (χ3n) is 6.40. The number of nitrogens with one attached hydrogen (secondary N) is 1. The molecule has 1 saturated heterocycles. The molecule has 1 atom stereocenters. The topological polar surface area (TPSA) is 110 Å². The van der Waals surface area contributed by atoms with E-state index in [1.807, 2.05) is 12.3 Å². The van der Waals surface area contributed by atoms with E-state index in [-0.39, 0.29) is 6.54 Å². The second kappa shape index (κ2) is 7.81. The summed E-state index contributed by atoms with van der Waals surface area (Å²) in [6.45, 7) is 1.33. The van der Waals surface area contributed by atoms with Crippen LogP contribution in [0, 0.1) is 0 Å². The summed E-state index contributed by atoms with van der Waals surface area (Å²) in [4.78, 5) is 13.9. The van der Waals surface area contributed by atoms with Crippen molar-refractivity contribution in [2.24, 2.45) is 10.2 Å². The summed E-state index contributed by atoms with van der Waals surface area (Å²) < 4.78 is 55.3. The van der Waals surface area contributed by atoms with E-state index in [9.17, 15) is 17.2 Å². The minimum absolute atomic E-state index is 0.0173. The summed E-state index contributed by atoms with van der Waals surface area (Å²) in [5, 5.41) is 8.57. The molecule has 1 N–H and O–H groups in total. The Balaban J connectivity index is 1.32. The highest BCUT2D eigenvalue weighted by molar-refractivity contribution is 7.86. The van der Waals surface area contributed by atoms with Crippen molar-refractivity contribution in [1.82, 2.24) is 23.6 Å². The minimum atomic E-state index is -3.80. The maximum absolute atomic E-state index is 13.4. The standard InChI is InChI=1S/C19H24F2N8O2S/c1-27(10-15-13(8-16(20)21)9-25-26-15)32(30,31)29-7-6-28(11-19(29)3-4-19)18-14-2-5-22-17(14)23-12-24-18/h2,5,9,12,15-16H,3-4,6-8,10-11H2,1H3,(H,22,23,24). The summed E-state index contributed by atoms with van der Waals surface area (Å²) in [7, 11) is -2.33. The summed E-state index contributed by atoms with van der Waals surface area (Å²) in [5.74, 6) is 0.793.